The van der Waals surface area contributed by atoms with Crippen molar-refractivity contribution in [2.75, 3.05) is 0 Å². The second kappa shape index (κ2) is 5.40. The number of benzene rings is 1. The molecule has 1 heteroatoms. The topological polar surface area (TPSA) is 15.8 Å². The highest BCUT2D eigenvalue weighted by Crippen LogP contribution is 2.19. The van der Waals surface area contributed by atoms with Gasteiger partial charge in [0.15, 0.2) is 0 Å². The van der Waals surface area contributed by atoms with Crippen LogP contribution in [0.5, 0.6) is 0 Å². The van der Waals surface area contributed by atoms with Crippen molar-refractivity contribution in [3.05, 3.63) is 41.6 Å². The molecule has 0 saturated carbocycles. The van der Waals surface area contributed by atoms with E-state index in [0.29, 0.717) is 0 Å². The van der Waals surface area contributed by atoms with Gasteiger partial charge in [0, 0.05) is 17.1 Å². The fraction of sp³-hybridized carbons (Fsp3) is 0.286. The van der Waals surface area contributed by atoms with Crippen LogP contribution in [-0.2, 0) is 0 Å². The van der Waals surface area contributed by atoms with E-state index in [1.54, 1.807) is 0 Å². The van der Waals surface area contributed by atoms with Gasteiger partial charge in [-0.2, -0.15) is 0 Å². The van der Waals surface area contributed by atoms with Gasteiger partial charge in [-0.1, -0.05) is 43.7 Å². The average molecular weight is 201 g/mol. The van der Waals surface area contributed by atoms with E-state index >= 15 is 0 Å². The molecule has 0 fully saturated rings. The van der Waals surface area contributed by atoms with Gasteiger partial charge in [-0.05, 0) is 25.5 Å². The third-order valence-electron chi connectivity index (χ3n) is 2.07. The molecular weight excluding hydrogens is 182 g/mol. The number of allylic oxidation sites excluding steroid dienone is 1. The van der Waals surface area contributed by atoms with Crippen LogP contribution in [0.4, 0.5) is 0 Å². The third-order valence-corrected chi connectivity index (χ3v) is 2.07. The monoisotopic (exact) mass is 201 g/mol. The molecule has 2 aromatic rings. The summed E-state index contributed by atoms with van der Waals surface area (Å²) in [5.74, 6) is 0. The molecule has 1 N–H and O–H groups in total. The number of hydrogen-bond donors (Lipinski definition) is 1. The fourth-order valence-electron chi connectivity index (χ4n) is 1.52. The average Bonchev–Trinajstić information content (AvgIpc) is 2.64. The van der Waals surface area contributed by atoms with Crippen molar-refractivity contribution in [1.82, 2.24) is 4.98 Å². The third kappa shape index (κ3) is 2.72. The molecule has 0 aliphatic carbocycles. The summed E-state index contributed by atoms with van der Waals surface area (Å²) in [6.07, 6.45) is 4.25. The number of nitrogens with one attached hydrogen (secondary N) is 1. The van der Waals surface area contributed by atoms with Crippen LogP contribution in [0, 0.1) is 0 Å². The molecule has 0 amide bonds. The van der Waals surface area contributed by atoms with E-state index in [0.717, 1.165) is 0 Å². The minimum absolute atomic E-state index is 1.20. The van der Waals surface area contributed by atoms with Gasteiger partial charge in [0.1, 0.15) is 0 Å². The Morgan fingerprint density at radius 2 is 1.80 bits per heavy atom. The Morgan fingerprint density at radius 1 is 1.13 bits per heavy atom. The van der Waals surface area contributed by atoms with E-state index in [9.17, 15) is 0 Å². The van der Waals surface area contributed by atoms with Gasteiger partial charge < -0.3 is 4.98 Å². The predicted molar refractivity (Wildman–Crippen MR) is 69.0 cm³/mol. The Morgan fingerprint density at radius 3 is 2.47 bits per heavy atom. The molecule has 0 aliphatic rings. The molecule has 0 bridgehead atoms. The van der Waals surface area contributed by atoms with Crippen LogP contribution in [0.25, 0.3) is 17.0 Å². The van der Waals surface area contributed by atoms with Gasteiger partial charge in [-0.25, -0.2) is 0 Å². The maximum Gasteiger partial charge on any atom is 0.0460 e. The highest BCUT2D eigenvalue weighted by Gasteiger charge is 1.98. The summed E-state index contributed by atoms with van der Waals surface area (Å²) in [5, 5.41) is 1.30. The molecule has 0 saturated heterocycles. The Labute approximate surface area is 91.8 Å². The number of fused-ring (bicyclic) bond motifs is 1. The van der Waals surface area contributed by atoms with E-state index in [1.807, 2.05) is 19.9 Å². The zero-order valence-corrected chi connectivity index (χ0v) is 9.96. The van der Waals surface area contributed by atoms with Gasteiger partial charge in [-0.15, -0.1) is 0 Å². The summed E-state index contributed by atoms with van der Waals surface area (Å²) in [7, 11) is 0. The Bertz CT molecular complexity index is 445. The smallest absolute Gasteiger partial charge is 0.0460 e. The van der Waals surface area contributed by atoms with Crippen LogP contribution in [0.1, 0.15) is 33.3 Å². The minimum Gasteiger partial charge on any atom is -0.361 e. The second-order valence-electron chi connectivity index (χ2n) is 3.51. The van der Waals surface area contributed by atoms with Gasteiger partial charge in [-0.3, -0.25) is 0 Å². The Hall–Kier alpha value is -1.50. The van der Waals surface area contributed by atoms with Crippen LogP contribution >= 0.6 is 0 Å². The number of aromatic amines is 1. The number of aromatic nitrogens is 1. The fourth-order valence-corrected chi connectivity index (χ4v) is 1.52. The maximum atomic E-state index is 3.25. The molecule has 0 aliphatic heterocycles. The second-order valence-corrected chi connectivity index (χ2v) is 3.51. The number of H-pyrrole nitrogens is 1. The van der Waals surface area contributed by atoms with Crippen molar-refractivity contribution in [3.63, 3.8) is 0 Å². The van der Waals surface area contributed by atoms with Crippen molar-refractivity contribution in [3.8, 4) is 0 Å². The van der Waals surface area contributed by atoms with Crippen molar-refractivity contribution in [1.29, 1.82) is 0 Å². The maximum absolute atomic E-state index is 3.25. The zero-order chi connectivity index (χ0) is 11.3. The first-order valence-electron chi connectivity index (χ1n) is 5.48. The summed E-state index contributed by atoms with van der Waals surface area (Å²) in [4.78, 5) is 3.25. The number of rotatable bonds is 1. The molecule has 0 unspecified atom stereocenters. The highest BCUT2D eigenvalue weighted by molar-refractivity contribution is 5.88. The molecule has 1 aromatic carbocycles. The van der Waals surface area contributed by atoms with Crippen molar-refractivity contribution in [2.24, 2.45) is 0 Å². The van der Waals surface area contributed by atoms with Gasteiger partial charge in [0.2, 0.25) is 0 Å². The van der Waals surface area contributed by atoms with E-state index in [-0.39, 0.29) is 0 Å². The number of hydrogen-bond acceptors (Lipinski definition) is 0. The lowest BCUT2D eigenvalue weighted by atomic mass is 10.1. The first-order valence-corrected chi connectivity index (χ1v) is 5.48. The summed E-state index contributed by atoms with van der Waals surface area (Å²) >= 11 is 0. The van der Waals surface area contributed by atoms with E-state index in [1.165, 1.54) is 22.0 Å². The van der Waals surface area contributed by atoms with Crippen molar-refractivity contribution in [2.45, 2.75) is 27.7 Å². The van der Waals surface area contributed by atoms with Crippen LogP contribution < -0.4 is 0 Å². The molecule has 0 spiro atoms. The lowest BCUT2D eigenvalue weighted by molar-refractivity contribution is 1.42. The highest BCUT2D eigenvalue weighted by atomic mass is 14.7. The zero-order valence-electron chi connectivity index (χ0n) is 9.96. The van der Waals surface area contributed by atoms with E-state index < -0.39 is 0 Å². The Kier molecular flexibility index (Phi) is 4.17. The van der Waals surface area contributed by atoms with Gasteiger partial charge in [0.25, 0.3) is 0 Å². The molecule has 0 atom stereocenters. The molecule has 1 aromatic heterocycles. The molecule has 80 valence electrons. The molecule has 15 heavy (non-hydrogen) atoms. The first-order chi connectivity index (χ1) is 7.27. The summed E-state index contributed by atoms with van der Waals surface area (Å²) in [6.45, 7) is 8.23. The lowest BCUT2D eigenvalue weighted by Crippen LogP contribution is -1.69. The van der Waals surface area contributed by atoms with Crippen molar-refractivity contribution < 1.29 is 0 Å². The lowest BCUT2D eigenvalue weighted by Gasteiger charge is -1.91. The van der Waals surface area contributed by atoms with Crippen LogP contribution in [0.3, 0.4) is 0 Å². The standard InChI is InChI=1S/C12H13N.C2H6/c1-9(2)7-10-8-13-12-6-4-3-5-11(10)12;1-2/h3-8,13H,1-2H3;1-2H3. The molecule has 1 heterocycles. The molecule has 1 nitrogen and oxygen atoms in total. The SMILES string of the molecule is CC.CC(C)=Cc1c[nH]c2ccccc12. The quantitative estimate of drug-likeness (QED) is 0.693. The normalized spacial score (nSPS) is 9.33. The molecule has 2 rings (SSSR count). The van der Waals surface area contributed by atoms with E-state index in [2.05, 4.69) is 49.3 Å². The molecule has 0 radical (unpaired) electrons. The minimum atomic E-state index is 1.20. The number of para-hydroxylation sites is 1. The van der Waals surface area contributed by atoms with Crippen LogP contribution in [-0.4, -0.2) is 4.98 Å². The summed E-state index contributed by atoms with van der Waals surface area (Å²) < 4.78 is 0. The summed E-state index contributed by atoms with van der Waals surface area (Å²) in [5.41, 5.74) is 3.80. The predicted octanol–water partition coefficient (Wildman–Crippen LogP) is 4.62. The van der Waals surface area contributed by atoms with Crippen molar-refractivity contribution >= 4 is 17.0 Å². The van der Waals surface area contributed by atoms with Crippen LogP contribution in [0.15, 0.2) is 36.0 Å². The molecular formula is C14H19N. The Balaban J connectivity index is 0.000000531. The summed E-state index contributed by atoms with van der Waals surface area (Å²) in [6, 6.07) is 8.35. The van der Waals surface area contributed by atoms with Crippen LogP contribution in [0.2, 0.25) is 0 Å². The van der Waals surface area contributed by atoms with Gasteiger partial charge >= 0.3 is 0 Å². The largest absolute Gasteiger partial charge is 0.361 e. The first kappa shape index (κ1) is 11.6. The van der Waals surface area contributed by atoms with E-state index in [4.69, 9.17) is 0 Å². The van der Waals surface area contributed by atoms with Gasteiger partial charge in [0.05, 0.1) is 0 Å².